The van der Waals surface area contributed by atoms with E-state index in [4.69, 9.17) is 0 Å². The van der Waals surface area contributed by atoms with Crippen LogP contribution in [0.1, 0.15) is 25.0 Å². The Morgan fingerprint density at radius 1 is 1.04 bits per heavy atom. The molecule has 3 nitrogen and oxygen atoms in total. The van der Waals surface area contributed by atoms with Crippen molar-refractivity contribution in [1.82, 2.24) is 5.43 Å². The number of carbonyl (C=O) groups is 1. The van der Waals surface area contributed by atoms with Crippen molar-refractivity contribution in [2.75, 3.05) is 0 Å². The van der Waals surface area contributed by atoms with Crippen LogP contribution in [0.25, 0.3) is 0 Å². The van der Waals surface area contributed by atoms with E-state index in [1.165, 1.54) is 11.1 Å². The van der Waals surface area contributed by atoms with Crippen LogP contribution in [0.2, 0.25) is 0 Å². The van der Waals surface area contributed by atoms with E-state index in [0.29, 0.717) is 0 Å². The first-order valence-electron chi connectivity index (χ1n) is 7.67. The van der Waals surface area contributed by atoms with Crippen LogP contribution in [0.5, 0.6) is 0 Å². The number of carbonyl (C=O) groups excluding carboxylic acids is 1. The molecule has 2 rings (SSSR count). The predicted molar refractivity (Wildman–Crippen MR) is 98.6 cm³/mol. The quantitative estimate of drug-likeness (QED) is 0.616. The smallest absolute Gasteiger partial charge is 0.252 e. The summed E-state index contributed by atoms with van der Waals surface area (Å²) in [4.78, 5) is 12.1. The predicted octanol–water partition coefficient (Wildman–Crippen LogP) is 4.04. The SMILES string of the molecule is C/C(Cc1ccccc1)=N/NC(=O)[C@@H](C)SCc1ccccc1. The van der Waals surface area contributed by atoms with Crippen molar-refractivity contribution >= 4 is 23.4 Å². The minimum Gasteiger partial charge on any atom is -0.272 e. The highest BCUT2D eigenvalue weighted by Crippen LogP contribution is 2.17. The van der Waals surface area contributed by atoms with E-state index >= 15 is 0 Å². The Kier molecular flexibility index (Phi) is 6.88. The molecule has 0 aromatic heterocycles. The summed E-state index contributed by atoms with van der Waals surface area (Å²) in [7, 11) is 0. The first-order chi connectivity index (χ1) is 11.1. The van der Waals surface area contributed by atoms with E-state index < -0.39 is 0 Å². The normalized spacial score (nSPS) is 12.7. The highest BCUT2D eigenvalue weighted by atomic mass is 32.2. The monoisotopic (exact) mass is 326 g/mol. The molecule has 0 saturated heterocycles. The van der Waals surface area contributed by atoms with Crippen LogP contribution in [0.4, 0.5) is 0 Å². The van der Waals surface area contributed by atoms with Gasteiger partial charge >= 0.3 is 0 Å². The summed E-state index contributed by atoms with van der Waals surface area (Å²) < 4.78 is 0. The zero-order valence-corrected chi connectivity index (χ0v) is 14.3. The van der Waals surface area contributed by atoms with E-state index in [-0.39, 0.29) is 11.2 Å². The minimum absolute atomic E-state index is 0.0571. The van der Waals surface area contributed by atoms with Gasteiger partial charge in [-0.3, -0.25) is 4.79 Å². The summed E-state index contributed by atoms with van der Waals surface area (Å²) in [5.74, 6) is 0.764. The second kappa shape index (κ2) is 9.16. The molecule has 23 heavy (non-hydrogen) atoms. The van der Waals surface area contributed by atoms with Crippen molar-refractivity contribution in [3.63, 3.8) is 0 Å². The van der Waals surface area contributed by atoms with Gasteiger partial charge in [-0.2, -0.15) is 5.10 Å². The standard InChI is InChI=1S/C19H22N2OS/c1-15(13-17-9-5-3-6-10-17)20-21-19(22)16(2)23-14-18-11-7-4-8-12-18/h3-12,16H,13-14H2,1-2H3,(H,21,22)/b20-15-/t16-/m1/s1. The largest absolute Gasteiger partial charge is 0.272 e. The van der Waals surface area contributed by atoms with Crippen molar-refractivity contribution in [2.24, 2.45) is 5.10 Å². The fourth-order valence-corrected chi connectivity index (χ4v) is 2.88. The van der Waals surface area contributed by atoms with Gasteiger partial charge in [-0.25, -0.2) is 5.43 Å². The van der Waals surface area contributed by atoms with Gasteiger partial charge in [0.25, 0.3) is 5.91 Å². The molecule has 0 aliphatic carbocycles. The van der Waals surface area contributed by atoms with Crippen molar-refractivity contribution in [1.29, 1.82) is 0 Å². The van der Waals surface area contributed by atoms with Gasteiger partial charge in [0.15, 0.2) is 0 Å². The lowest BCUT2D eigenvalue weighted by atomic mass is 10.1. The second-order valence-electron chi connectivity index (χ2n) is 5.42. The van der Waals surface area contributed by atoms with Crippen molar-refractivity contribution in [2.45, 2.75) is 31.3 Å². The van der Waals surface area contributed by atoms with Crippen molar-refractivity contribution in [3.05, 3.63) is 71.8 Å². The maximum atomic E-state index is 12.1. The molecule has 0 unspecified atom stereocenters. The Labute approximate surface area is 142 Å². The summed E-state index contributed by atoms with van der Waals surface area (Å²) in [6, 6.07) is 20.3. The van der Waals surface area contributed by atoms with Gasteiger partial charge < -0.3 is 0 Å². The van der Waals surface area contributed by atoms with Gasteiger partial charge in [0.05, 0.1) is 5.25 Å². The lowest BCUT2D eigenvalue weighted by molar-refractivity contribution is -0.120. The third-order valence-corrected chi connectivity index (χ3v) is 4.59. The topological polar surface area (TPSA) is 41.5 Å². The van der Waals surface area contributed by atoms with Gasteiger partial charge in [0.2, 0.25) is 0 Å². The number of thioether (sulfide) groups is 1. The summed E-state index contributed by atoms with van der Waals surface area (Å²) in [5, 5.41) is 4.06. The van der Waals surface area contributed by atoms with Gasteiger partial charge in [0, 0.05) is 17.9 Å². The van der Waals surface area contributed by atoms with Gasteiger partial charge in [-0.05, 0) is 25.0 Å². The number of rotatable bonds is 7. The zero-order valence-electron chi connectivity index (χ0n) is 13.5. The van der Waals surface area contributed by atoms with Crippen LogP contribution in [0.15, 0.2) is 65.8 Å². The molecular formula is C19H22N2OS. The molecule has 0 bridgehead atoms. The fraction of sp³-hybridized carbons (Fsp3) is 0.263. The molecule has 0 fully saturated rings. The van der Waals surface area contributed by atoms with Gasteiger partial charge in [-0.15, -0.1) is 11.8 Å². The van der Waals surface area contributed by atoms with Gasteiger partial charge in [-0.1, -0.05) is 60.7 Å². The molecule has 1 amide bonds. The number of hydrazone groups is 1. The van der Waals surface area contributed by atoms with E-state index in [1.54, 1.807) is 11.8 Å². The summed E-state index contributed by atoms with van der Waals surface area (Å²) in [5.41, 5.74) is 5.97. The average molecular weight is 326 g/mol. The summed E-state index contributed by atoms with van der Waals surface area (Å²) in [6.07, 6.45) is 0.743. The molecular weight excluding hydrogens is 304 g/mol. The maximum Gasteiger partial charge on any atom is 0.252 e. The Morgan fingerprint density at radius 2 is 1.61 bits per heavy atom. The lowest BCUT2D eigenvalue weighted by Crippen LogP contribution is -2.28. The van der Waals surface area contributed by atoms with Crippen LogP contribution in [-0.4, -0.2) is 16.9 Å². The average Bonchev–Trinajstić information content (AvgIpc) is 2.59. The van der Waals surface area contributed by atoms with Gasteiger partial charge in [0.1, 0.15) is 0 Å². The molecule has 1 atom stereocenters. The fourth-order valence-electron chi connectivity index (χ4n) is 2.04. The van der Waals surface area contributed by atoms with Crippen molar-refractivity contribution in [3.8, 4) is 0 Å². The molecule has 2 aromatic rings. The number of nitrogens with one attached hydrogen (secondary N) is 1. The highest BCUT2D eigenvalue weighted by molar-refractivity contribution is 7.99. The molecule has 4 heteroatoms. The van der Waals surface area contributed by atoms with Crippen LogP contribution in [0.3, 0.4) is 0 Å². The second-order valence-corrected chi connectivity index (χ2v) is 6.75. The molecule has 0 aliphatic heterocycles. The third kappa shape index (κ3) is 6.28. The Morgan fingerprint density at radius 3 is 2.22 bits per heavy atom. The maximum absolute atomic E-state index is 12.1. The van der Waals surface area contributed by atoms with Crippen LogP contribution in [-0.2, 0) is 17.0 Å². The Hall–Kier alpha value is -2.07. The molecule has 120 valence electrons. The molecule has 0 radical (unpaired) electrons. The van der Waals surface area contributed by atoms with Crippen molar-refractivity contribution < 1.29 is 4.79 Å². The molecule has 0 heterocycles. The number of hydrogen-bond donors (Lipinski definition) is 1. The molecule has 0 aliphatic rings. The highest BCUT2D eigenvalue weighted by Gasteiger charge is 2.12. The lowest BCUT2D eigenvalue weighted by Gasteiger charge is -2.10. The Bertz CT molecular complexity index is 641. The van der Waals surface area contributed by atoms with Crippen LogP contribution in [0, 0.1) is 0 Å². The number of amides is 1. The van der Waals surface area contributed by atoms with Crippen LogP contribution < -0.4 is 5.43 Å². The van der Waals surface area contributed by atoms with E-state index in [1.807, 2.05) is 50.2 Å². The molecule has 1 N–H and O–H groups in total. The number of hydrogen-bond acceptors (Lipinski definition) is 3. The molecule has 2 aromatic carbocycles. The first kappa shape index (κ1) is 17.3. The number of benzene rings is 2. The van der Waals surface area contributed by atoms with Crippen LogP contribution >= 0.6 is 11.8 Å². The molecule has 0 spiro atoms. The first-order valence-corrected chi connectivity index (χ1v) is 8.72. The zero-order chi connectivity index (χ0) is 16.5. The van der Waals surface area contributed by atoms with E-state index in [2.05, 4.69) is 34.8 Å². The summed E-state index contributed by atoms with van der Waals surface area (Å²) in [6.45, 7) is 3.83. The van der Waals surface area contributed by atoms with E-state index in [0.717, 1.165) is 17.9 Å². The van der Waals surface area contributed by atoms with E-state index in [9.17, 15) is 4.79 Å². The summed E-state index contributed by atoms with van der Waals surface area (Å²) >= 11 is 1.61. The minimum atomic E-state index is -0.136. The third-order valence-electron chi connectivity index (χ3n) is 3.37. The Balaban J connectivity index is 1.77. The number of nitrogens with zero attached hydrogens (tertiary/aromatic N) is 1. The molecule has 0 saturated carbocycles.